The van der Waals surface area contributed by atoms with Gasteiger partial charge in [-0.05, 0) is 61.6 Å². The number of hydrogen-bond acceptors (Lipinski definition) is 6. The number of aromatic nitrogens is 4. The van der Waals surface area contributed by atoms with Gasteiger partial charge >= 0.3 is 0 Å². The lowest BCUT2D eigenvalue weighted by Gasteiger charge is -2.28. The van der Waals surface area contributed by atoms with Crippen molar-refractivity contribution < 1.29 is 13.5 Å². The topological polar surface area (TPSA) is 68.1 Å². The second kappa shape index (κ2) is 9.43. The van der Waals surface area contributed by atoms with Crippen molar-refractivity contribution in [2.24, 2.45) is 24.8 Å². The summed E-state index contributed by atoms with van der Waals surface area (Å²) in [4.78, 5) is 2.61. The zero-order chi connectivity index (χ0) is 23.9. The molecule has 3 fully saturated rings. The minimum Gasteiger partial charge on any atom is -0.381 e. The van der Waals surface area contributed by atoms with Crippen molar-refractivity contribution in [1.29, 1.82) is 0 Å². The van der Waals surface area contributed by atoms with Crippen LogP contribution in [0.15, 0.2) is 30.5 Å². The van der Waals surface area contributed by atoms with Crippen molar-refractivity contribution in [3.8, 4) is 11.3 Å². The van der Waals surface area contributed by atoms with Crippen LogP contribution in [0.3, 0.4) is 0 Å². The fourth-order valence-electron chi connectivity index (χ4n) is 6.29. The third-order valence-electron chi connectivity index (χ3n) is 8.00. The molecule has 0 spiro atoms. The lowest BCUT2D eigenvalue weighted by molar-refractivity contribution is 0.0545. The molecule has 1 saturated carbocycles. The molecule has 186 valence electrons. The fourth-order valence-corrected chi connectivity index (χ4v) is 6.29. The molecule has 3 aliphatic rings. The Kier molecular flexibility index (Phi) is 6.14. The van der Waals surface area contributed by atoms with Crippen LogP contribution in [0.25, 0.3) is 22.2 Å². The van der Waals surface area contributed by atoms with Crippen molar-refractivity contribution in [1.82, 2.24) is 24.9 Å². The molecule has 6 rings (SSSR count). The van der Waals surface area contributed by atoms with Crippen LogP contribution in [-0.4, -0.2) is 63.8 Å². The molecule has 4 heterocycles. The third-order valence-corrected chi connectivity index (χ3v) is 8.00. The highest BCUT2D eigenvalue weighted by Crippen LogP contribution is 2.40. The Morgan fingerprint density at radius 1 is 1.09 bits per heavy atom. The summed E-state index contributed by atoms with van der Waals surface area (Å²) in [5, 5.41) is 17.2. The SMILES string of the molecule is Cn1cc2cc(-c3cc(C(F)F)c(N[C@@H]4C[C@@H]5CN(CC6CCOCC6)C[C@@H]5C4)nn3)ccc2n1. The van der Waals surface area contributed by atoms with Gasteiger partial charge in [-0.3, -0.25) is 4.68 Å². The Hall–Kier alpha value is -2.65. The van der Waals surface area contributed by atoms with E-state index in [0.29, 0.717) is 17.5 Å². The number of nitrogens with zero attached hydrogens (tertiary/aromatic N) is 5. The first-order chi connectivity index (χ1) is 17.0. The number of nitrogens with one attached hydrogen (secondary N) is 1. The van der Waals surface area contributed by atoms with Crippen LogP contribution in [-0.2, 0) is 11.8 Å². The summed E-state index contributed by atoms with van der Waals surface area (Å²) >= 11 is 0. The molecule has 2 aromatic heterocycles. The number of likely N-dealkylation sites (tertiary alicyclic amines) is 1. The highest BCUT2D eigenvalue weighted by atomic mass is 19.3. The van der Waals surface area contributed by atoms with Gasteiger partial charge in [-0.1, -0.05) is 6.07 Å². The van der Waals surface area contributed by atoms with Gasteiger partial charge in [-0.15, -0.1) is 10.2 Å². The van der Waals surface area contributed by atoms with E-state index in [1.807, 2.05) is 31.4 Å². The molecular weight excluding hydrogens is 450 g/mol. The summed E-state index contributed by atoms with van der Waals surface area (Å²) < 4.78 is 35.3. The quantitative estimate of drug-likeness (QED) is 0.557. The summed E-state index contributed by atoms with van der Waals surface area (Å²) in [6.07, 6.45) is 3.61. The largest absolute Gasteiger partial charge is 0.381 e. The normalized spacial score (nSPS) is 25.5. The average Bonchev–Trinajstić information content (AvgIpc) is 3.51. The van der Waals surface area contributed by atoms with E-state index >= 15 is 0 Å². The van der Waals surface area contributed by atoms with Gasteiger partial charge in [-0.2, -0.15) is 5.10 Å². The Labute approximate surface area is 203 Å². The summed E-state index contributed by atoms with van der Waals surface area (Å²) in [6.45, 7) is 5.18. The molecule has 0 unspecified atom stereocenters. The molecule has 2 saturated heterocycles. The van der Waals surface area contributed by atoms with Crippen LogP contribution in [0, 0.1) is 17.8 Å². The van der Waals surface area contributed by atoms with Gasteiger partial charge in [0, 0.05) is 63.1 Å². The van der Waals surface area contributed by atoms with Crippen molar-refractivity contribution in [3.63, 3.8) is 0 Å². The van der Waals surface area contributed by atoms with Crippen LogP contribution >= 0.6 is 0 Å². The highest BCUT2D eigenvalue weighted by molar-refractivity contribution is 5.83. The summed E-state index contributed by atoms with van der Waals surface area (Å²) in [5.41, 5.74) is 1.98. The van der Waals surface area contributed by atoms with E-state index in [-0.39, 0.29) is 17.4 Å². The van der Waals surface area contributed by atoms with E-state index < -0.39 is 6.43 Å². The smallest absolute Gasteiger partial charge is 0.267 e. The Balaban J connectivity index is 1.12. The second-order valence-electron chi connectivity index (χ2n) is 10.5. The Morgan fingerprint density at radius 2 is 1.86 bits per heavy atom. The first-order valence-electron chi connectivity index (χ1n) is 12.7. The van der Waals surface area contributed by atoms with Gasteiger partial charge < -0.3 is 15.0 Å². The second-order valence-corrected chi connectivity index (χ2v) is 10.5. The molecule has 3 aromatic rings. The molecule has 9 heteroatoms. The molecule has 1 aliphatic carbocycles. The lowest BCUT2D eigenvalue weighted by atomic mass is 10.00. The van der Waals surface area contributed by atoms with Gasteiger partial charge in [0.15, 0.2) is 5.82 Å². The Morgan fingerprint density at radius 3 is 2.60 bits per heavy atom. The van der Waals surface area contributed by atoms with Crippen molar-refractivity contribution >= 4 is 16.7 Å². The van der Waals surface area contributed by atoms with E-state index in [4.69, 9.17) is 4.74 Å². The number of ether oxygens (including phenoxy) is 1. The molecule has 0 bridgehead atoms. The van der Waals surface area contributed by atoms with Crippen molar-refractivity contribution in [2.45, 2.75) is 38.2 Å². The van der Waals surface area contributed by atoms with Crippen molar-refractivity contribution in [3.05, 3.63) is 36.0 Å². The standard InChI is InChI=1S/C26H32F2N6O/c1-33-13-20-8-17(2-3-23(20)32-33)24-11-22(25(27)28)26(31-30-24)29-21-9-18-14-34(15-19(18)10-21)12-16-4-6-35-7-5-16/h2-3,8,11,13,16,18-19,21,25H,4-7,9-10,12,14-15H2,1H3,(H,29,31)/t18-,19+,21-. The zero-order valence-corrected chi connectivity index (χ0v) is 20.0. The fraction of sp³-hybridized carbons (Fsp3) is 0.577. The maximum Gasteiger partial charge on any atom is 0.267 e. The lowest BCUT2D eigenvalue weighted by Crippen LogP contribution is -2.32. The Bertz CT molecular complexity index is 1180. The number of hydrogen-bond donors (Lipinski definition) is 1. The van der Waals surface area contributed by atoms with Crippen LogP contribution in [0.5, 0.6) is 0 Å². The summed E-state index contributed by atoms with van der Waals surface area (Å²) in [5.74, 6) is 2.22. The highest BCUT2D eigenvalue weighted by Gasteiger charge is 2.41. The summed E-state index contributed by atoms with van der Waals surface area (Å²) in [7, 11) is 1.86. The van der Waals surface area contributed by atoms with Gasteiger partial charge in [0.25, 0.3) is 6.43 Å². The number of fused-ring (bicyclic) bond motifs is 2. The van der Waals surface area contributed by atoms with Crippen molar-refractivity contribution in [2.75, 3.05) is 38.2 Å². The van der Waals surface area contributed by atoms with Gasteiger partial charge in [-0.25, -0.2) is 8.78 Å². The summed E-state index contributed by atoms with van der Waals surface area (Å²) in [6, 6.07) is 7.29. The number of halogens is 2. The monoisotopic (exact) mass is 482 g/mol. The third kappa shape index (κ3) is 4.76. The average molecular weight is 483 g/mol. The number of anilines is 1. The maximum atomic E-state index is 14.0. The molecule has 7 nitrogen and oxygen atoms in total. The zero-order valence-electron chi connectivity index (χ0n) is 20.0. The molecule has 0 radical (unpaired) electrons. The minimum absolute atomic E-state index is 0.0838. The maximum absolute atomic E-state index is 14.0. The number of aryl methyl sites for hydroxylation is 1. The number of rotatable bonds is 6. The van der Waals surface area contributed by atoms with Crippen LogP contribution in [0.2, 0.25) is 0 Å². The molecule has 2 aliphatic heterocycles. The molecule has 1 aromatic carbocycles. The van der Waals surface area contributed by atoms with E-state index in [0.717, 1.165) is 74.4 Å². The predicted octanol–water partition coefficient (Wildman–Crippen LogP) is 4.52. The number of alkyl halides is 2. The van der Waals surface area contributed by atoms with Gasteiger partial charge in [0.05, 0.1) is 16.8 Å². The van der Waals surface area contributed by atoms with E-state index in [1.165, 1.54) is 12.6 Å². The molecule has 3 atom stereocenters. The van der Waals surface area contributed by atoms with E-state index in [1.54, 1.807) is 4.68 Å². The van der Waals surface area contributed by atoms with Gasteiger partial charge in [0.2, 0.25) is 0 Å². The van der Waals surface area contributed by atoms with E-state index in [2.05, 4.69) is 25.5 Å². The van der Waals surface area contributed by atoms with Crippen LogP contribution in [0.4, 0.5) is 14.6 Å². The van der Waals surface area contributed by atoms with E-state index in [9.17, 15) is 8.78 Å². The molecular formula is C26H32F2N6O. The molecule has 1 N–H and O–H groups in total. The van der Waals surface area contributed by atoms with Gasteiger partial charge in [0.1, 0.15) is 0 Å². The molecule has 35 heavy (non-hydrogen) atoms. The first-order valence-corrected chi connectivity index (χ1v) is 12.7. The van der Waals surface area contributed by atoms with Crippen LogP contribution in [0.1, 0.15) is 37.7 Å². The first kappa shape index (κ1) is 22.8. The predicted molar refractivity (Wildman–Crippen MR) is 130 cm³/mol. The van der Waals surface area contributed by atoms with Crippen LogP contribution < -0.4 is 5.32 Å². The molecule has 0 amide bonds. The number of benzene rings is 1. The minimum atomic E-state index is -2.62.